The Hall–Kier alpha value is -7.23. The summed E-state index contributed by atoms with van der Waals surface area (Å²) in [6.45, 7) is 0. The second-order valence-electron chi connectivity index (χ2n) is 14.0. The first-order chi connectivity index (χ1) is 27.3. The van der Waals surface area contributed by atoms with Crippen LogP contribution in [-0.2, 0) is 5.41 Å². The standard InChI is InChI=1S/C52H35N3/c1-4-15-36(16-5-1)37-27-29-38(30-28-37)41-19-14-20-42(35-41)51-54-49(39-17-6-2-7-18-39)53-50(55-51)40-31-33-44(34-32-40)52(43-21-8-3-9-22-43)47-25-12-10-23-45(47)46-24-11-13-26-48(46)52/h1-35H. The Morgan fingerprint density at radius 1 is 0.255 bits per heavy atom. The van der Waals surface area contributed by atoms with E-state index in [2.05, 4.69) is 188 Å². The van der Waals surface area contributed by atoms with Crippen LogP contribution in [0.5, 0.6) is 0 Å². The van der Waals surface area contributed by atoms with Crippen molar-refractivity contribution in [1.82, 2.24) is 15.0 Å². The molecule has 0 fully saturated rings. The van der Waals surface area contributed by atoms with Crippen LogP contribution < -0.4 is 0 Å². The van der Waals surface area contributed by atoms with E-state index in [0.717, 1.165) is 27.8 Å². The third-order valence-electron chi connectivity index (χ3n) is 10.8. The average molecular weight is 702 g/mol. The molecule has 0 aliphatic heterocycles. The SMILES string of the molecule is c1ccc(-c2ccc(-c3cccc(-c4nc(-c5ccccc5)nc(-c5ccc(C6(c7ccccc7)c7ccccc7-c7ccccc76)cc5)n4)c3)cc2)cc1. The number of rotatable bonds is 7. The molecule has 0 saturated heterocycles. The first kappa shape index (κ1) is 32.4. The number of hydrogen-bond acceptors (Lipinski definition) is 3. The van der Waals surface area contributed by atoms with Gasteiger partial charge in [0.05, 0.1) is 5.41 Å². The maximum atomic E-state index is 5.14. The third kappa shape index (κ3) is 5.65. The van der Waals surface area contributed by atoms with Gasteiger partial charge in [0.15, 0.2) is 17.5 Å². The number of benzene rings is 8. The van der Waals surface area contributed by atoms with Crippen molar-refractivity contribution in [3.05, 3.63) is 235 Å². The molecular formula is C52H35N3. The lowest BCUT2D eigenvalue weighted by Crippen LogP contribution is -2.28. The zero-order chi connectivity index (χ0) is 36.6. The highest BCUT2D eigenvalue weighted by molar-refractivity contribution is 5.86. The largest absolute Gasteiger partial charge is 0.208 e. The molecule has 0 unspecified atom stereocenters. The summed E-state index contributed by atoms with van der Waals surface area (Å²) in [5.41, 5.74) is 14.5. The van der Waals surface area contributed by atoms with Crippen LogP contribution in [-0.4, -0.2) is 15.0 Å². The normalized spacial score (nSPS) is 12.5. The minimum Gasteiger partial charge on any atom is -0.208 e. The Morgan fingerprint density at radius 3 is 1.20 bits per heavy atom. The summed E-state index contributed by atoms with van der Waals surface area (Å²) in [5, 5.41) is 0. The maximum Gasteiger partial charge on any atom is 0.164 e. The van der Waals surface area contributed by atoms with Crippen molar-refractivity contribution in [2.24, 2.45) is 0 Å². The highest BCUT2D eigenvalue weighted by Crippen LogP contribution is 2.56. The van der Waals surface area contributed by atoms with Gasteiger partial charge in [-0.3, -0.25) is 0 Å². The van der Waals surface area contributed by atoms with Gasteiger partial charge in [0.1, 0.15) is 0 Å². The van der Waals surface area contributed by atoms with Gasteiger partial charge in [-0.25, -0.2) is 15.0 Å². The van der Waals surface area contributed by atoms with Crippen molar-refractivity contribution in [2.45, 2.75) is 5.41 Å². The van der Waals surface area contributed by atoms with Crippen LogP contribution in [0.15, 0.2) is 212 Å². The van der Waals surface area contributed by atoms with Crippen molar-refractivity contribution in [2.75, 3.05) is 0 Å². The van der Waals surface area contributed by atoms with Gasteiger partial charge in [0.25, 0.3) is 0 Å². The predicted octanol–water partition coefficient (Wildman–Crippen LogP) is 12.6. The molecule has 0 bridgehead atoms. The second kappa shape index (κ2) is 13.6. The fourth-order valence-corrected chi connectivity index (χ4v) is 8.26. The maximum absolute atomic E-state index is 5.14. The summed E-state index contributed by atoms with van der Waals surface area (Å²) in [4.78, 5) is 15.3. The van der Waals surface area contributed by atoms with Gasteiger partial charge in [0.2, 0.25) is 0 Å². The van der Waals surface area contributed by atoms with Crippen LogP contribution in [0.1, 0.15) is 22.3 Å². The number of fused-ring (bicyclic) bond motifs is 3. The van der Waals surface area contributed by atoms with Crippen LogP contribution in [0.2, 0.25) is 0 Å². The number of nitrogens with zero attached hydrogens (tertiary/aromatic N) is 3. The summed E-state index contributed by atoms with van der Waals surface area (Å²) < 4.78 is 0. The highest BCUT2D eigenvalue weighted by atomic mass is 15.0. The van der Waals surface area contributed by atoms with Crippen LogP contribution in [0, 0.1) is 0 Å². The summed E-state index contributed by atoms with van der Waals surface area (Å²) in [6, 6.07) is 75.2. The second-order valence-corrected chi connectivity index (χ2v) is 14.0. The summed E-state index contributed by atoms with van der Waals surface area (Å²) in [7, 11) is 0. The predicted molar refractivity (Wildman–Crippen MR) is 224 cm³/mol. The first-order valence-corrected chi connectivity index (χ1v) is 18.7. The van der Waals surface area contributed by atoms with Crippen LogP contribution in [0.4, 0.5) is 0 Å². The molecule has 9 aromatic rings. The van der Waals surface area contributed by atoms with Gasteiger partial charge in [-0.1, -0.05) is 206 Å². The first-order valence-electron chi connectivity index (χ1n) is 18.7. The van der Waals surface area contributed by atoms with E-state index in [1.807, 2.05) is 24.3 Å². The topological polar surface area (TPSA) is 38.7 Å². The minimum absolute atomic E-state index is 0.466. The Morgan fingerprint density at radius 2 is 0.618 bits per heavy atom. The van der Waals surface area contributed by atoms with E-state index in [0.29, 0.717) is 17.5 Å². The molecule has 0 radical (unpaired) electrons. The van der Waals surface area contributed by atoms with Gasteiger partial charge in [0, 0.05) is 16.7 Å². The van der Waals surface area contributed by atoms with Gasteiger partial charge < -0.3 is 0 Å². The lowest BCUT2D eigenvalue weighted by atomic mass is 9.67. The lowest BCUT2D eigenvalue weighted by Gasteiger charge is -2.34. The van der Waals surface area contributed by atoms with Crippen molar-refractivity contribution >= 4 is 0 Å². The zero-order valence-electron chi connectivity index (χ0n) is 30.0. The Balaban J connectivity index is 1.08. The summed E-state index contributed by atoms with van der Waals surface area (Å²) in [6.07, 6.45) is 0. The number of aromatic nitrogens is 3. The smallest absolute Gasteiger partial charge is 0.164 e. The Bertz CT molecular complexity index is 2730. The molecule has 0 amide bonds. The summed E-state index contributed by atoms with van der Waals surface area (Å²) >= 11 is 0. The van der Waals surface area contributed by atoms with E-state index >= 15 is 0 Å². The fraction of sp³-hybridized carbons (Fsp3) is 0.0192. The molecule has 8 aromatic carbocycles. The third-order valence-corrected chi connectivity index (χ3v) is 10.8. The molecule has 1 aliphatic carbocycles. The lowest BCUT2D eigenvalue weighted by molar-refractivity contribution is 0.768. The van der Waals surface area contributed by atoms with Gasteiger partial charge >= 0.3 is 0 Å². The van der Waals surface area contributed by atoms with Gasteiger partial charge in [-0.2, -0.15) is 0 Å². The van der Waals surface area contributed by atoms with E-state index in [9.17, 15) is 0 Å². The number of hydrogen-bond donors (Lipinski definition) is 0. The van der Waals surface area contributed by atoms with Crippen LogP contribution in [0.25, 0.3) is 67.5 Å². The zero-order valence-corrected chi connectivity index (χ0v) is 30.0. The van der Waals surface area contributed by atoms with E-state index in [1.54, 1.807) is 0 Å². The highest BCUT2D eigenvalue weighted by Gasteiger charge is 2.45. The van der Waals surface area contributed by atoms with Crippen molar-refractivity contribution in [3.63, 3.8) is 0 Å². The molecule has 0 atom stereocenters. The molecule has 258 valence electrons. The fourth-order valence-electron chi connectivity index (χ4n) is 8.26. The van der Waals surface area contributed by atoms with Crippen LogP contribution in [0.3, 0.4) is 0 Å². The van der Waals surface area contributed by atoms with E-state index in [4.69, 9.17) is 15.0 Å². The Kier molecular flexibility index (Phi) is 8.04. The molecule has 10 rings (SSSR count). The van der Waals surface area contributed by atoms with E-state index < -0.39 is 5.41 Å². The Labute approximate surface area is 321 Å². The van der Waals surface area contributed by atoms with Crippen molar-refractivity contribution in [1.29, 1.82) is 0 Å². The average Bonchev–Trinajstić information content (AvgIpc) is 3.58. The molecule has 0 spiro atoms. The molecular weight excluding hydrogens is 667 g/mol. The van der Waals surface area contributed by atoms with Crippen molar-refractivity contribution < 1.29 is 0 Å². The minimum atomic E-state index is -0.466. The molecule has 0 saturated carbocycles. The molecule has 0 N–H and O–H groups in total. The van der Waals surface area contributed by atoms with Crippen molar-refractivity contribution in [3.8, 4) is 67.5 Å². The van der Waals surface area contributed by atoms with Gasteiger partial charge in [-0.15, -0.1) is 0 Å². The van der Waals surface area contributed by atoms with Crippen LogP contribution >= 0.6 is 0 Å². The van der Waals surface area contributed by atoms with E-state index in [1.165, 1.54) is 44.5 Å². The van der Waals surface area contributed by atoms with E-state index in [-0.39, 0.29) is 0 Å². The molecule has 1 heterocycles. The van der Waals surface area contributed by atoms with Gasteiger partial charge in [-0.05, 0) is 61.7 Å². The monoisotopic (exact) mass is 701 g/mol. The summed E-state index contributed by atoms with van der Waals surface area (Å²) in [5.74, 6) is 1.91. The molecule has 1 aliphatic rings. The molecule has 1 aromatic heterocycles. The quantitative estimate of drug-likeness (QED) is 0.166. The molecule has 55 heavy (non-hydrogen) atoms. The molecule has 3 nitrogen and oxygen atoms in total. The molecule has 3 heteroatoms.